The van der Waals surface area contributed by atoms with Crippen LogP contribution < -0.4 is 5.76 Å². The summed E-state index contributed by atoms with van der Waals surface area (Å²) in [5, 5.41) is 9.58. The van der Waals surface area contributed by atoms with Crippen molar-refractivity contribution in [3.63, 3.8) is 0 Å². The van der Waals surface area contributed by atoms with Crippen molar-refractivity contribution in [1.29, 1.82) is 0 Å². The molecule has 2 aromatic carbocycles. The van der Waals surface area contributed by atoms with Crippen molar-refractivity contribution in [3.05, 3.63) is 70.2 Å². The molecule has 0 spiro atoms. The van der Waals surface area contributed by atoms with E-state index in [0.717, 1.165) is 22.5 Å². The van der Waals surface area contributed by atoms with Gasteiger partial charge in [0.2, 0.25) is 0 Å². The van der Waals surface area contributed by atoms with Crippen LogP contribution in [-0.2, 0) is 0 Å². The van der Waals surface area contributed by atoms with Crippen molar-refractivity contribution < 1.29 is 14.3 Å². The number of H-pyrrole nitrogens is 1. The number of oxazole rings is 1. The van der Waals surface area contributed by atoms with Gasteiger partial charge in [-0.25, -0.2) is 14.6 Å². The first-order valence-electron chi connectivity index (χ1n) is 8.04. The number of thiazole rings is 1. The van der Waals surface area contributed by atoms with Gasteiger partial charge < -0.3 is 9.52 Å². The number of fused-ring (bicyclic) bond motifs is 2. The van der Waals surface area contributed by atoms with Crippen LogP contribution in [0.3, 0.4) is 0 Å². The minimum absolute atomic E-state index is 0.238. The normalized spacial score (nSPS) is 11.4. The first-order chi connectivity index (χ1) is 13.1. The maximum Gasteiger partial charge on any atom is 0.417 e. The van der Waals surface area contributed by atoms with E-state index in [-0.39, 0.29) is 4.88 Å². The quantitative estimate of drug-likeness (QED) is 0.497. The van der Waals surface area contributed by atoms with Gasteiger partial charge in [0.05, 0.1) is 16.9 Å². The first-order valence-corrected chi connectivity index (χ1v) is 8.85. The Bertz CT molecular complexity index is 1370. The summed E-state index contributed by atoms with van der Waals surface area (Å²) in [4.78, 5) is 31.0. The van der Waals surface area contributed by atoms with E-state index in [4.69, 9.17) is 4.42 Å². The molecule has 3 heterocycles. The summed E-state index contributed by atoms with van der Waals surface area (Å²) in [7, 11) is 0. The molecule has 2 N–H and O–H groups in total. The van der Waals surface area contributed by atoms with Gasteiger partial charge in [-0.15, -0.1) is 0 Å². The number of carboxylic acid groups (broad SMARTS) is 1. The van der Waals surface area contributed by atoms with Gasteiger partial charge in [-0.1, -0.05) is 47.7 Å². The van der Waals surface area contributed by atoms with Crippen LogP contribution in [0.25, 0.3) is 38.6 Å². The summed E-state index contributed by atoms with van der Waals surface area (Å²) in [6, 6.07) is 14.7. The Morgan fingerprint density at radius 3 is 2.74 bits per heavy atom. The Balaban J connectivity index is 1.72. The molecule has 27 heavy (non-hydrogen) atoms. The molecule has 0 amide bonds. The zero-order valence-corrected chi connectivity index (χ0v) is 14.5. The summed E-state index contributed by atoms with van der Waals surface area (Å²) in [5.41, 5.74) is 3.90. The van der Waals surface area contributed by atoms with Gasteiger partial charge in [-0.2, -0.15) is 0 Å². The largest absolute Gasteiger partial charge is 0.477 e. The van der Waals surface area contributed by atoms with Gasteiger partial charge in [0.25, 0.3) is 0 Å². The number of carboxylic acids is 1. The van der Waals surface area contributed by atoms with Crippen LogP contribution in [0.15, 0.2) is 63.9 Å². The minimum Gasteiger partial charge on any atom is -0.477 e. The average Bonchev–Trinajstić information content (AvgIpc) is 3.32. The predicted octanol–water partition coefficient (Wildman–Crippen LogP) is 3.86. The average molecular weight is 377 g/mol. The van der Waals surface area contributed by atoms with Gasteiger partial charge in [-0.05, 0) is 12.1 Å². The molecular formula is C19H11N3O4S. The number of hydrogen-bond donors (Lipinski definition) is 2. The molecule has 0 radical (unpaired) electrons. The van der Waals surface area contributed by atoms with Crippen molar-refractivity contribution in [3.8, 4) is 22.5 Å². The van der Waals surface area contributed by atoms with Crippen molar-refractivity contribution in [1.82, 2.24) is 14.4 Å². The molecular weight excluding hydrogens is 366 g/mol. The van der Waals surface area contributed by atoms with Crippen molar-refractivity contribution in [2.75, 3.05) is 0 Å². The molecule has 7 nitrogen and oxygen atoms in total. The van der Waals surface area contributed by atoms with E-state index in [1.165, 1.54) is 0 Å². The van der Waals surface area contributed by atoms with Crippen LogP contribution >= 0.6 is 11.3 Å². The molecule has 132 valence electrons. The second kappa shape index (κ2) is 5.68. The first kappa shape index (κ1) is 15.6. The molecule has 5 aromatic rings. The van der Waals surface area contributed by atoms with Crippen molar-refractivity contribution in [2.45, 2.75) is 0 Å². The highest BCUT2D eigenvalue weighted by Gasteiger charge is 2.21. The van der Waals surface area contributed by atoms with E-state index in [9.17, 15) is 14.7 Å². The standard InChI is InChI=1S/C19H11N3O4S/c23-17(24)16-15(10-4-2-1-3-5-10)22-9-13(20-18(22)27-16)11-6-7-12-14(8-11)26-19(25)21-12/h1-9H,(H,21,25)(H,23,24). The Hall–Kier alpha value is -3.65. The lowest BCUT2D eigenvalue weighted by molar-refractivity contribution is 0.0702. The van der Waals surface area contributed by atoms with Gasteiger partial charge in [-0.3, -0.25) is 9.38 Å². The number of hydrogen-bond acceptors (Lipinski definition) is 5. The highest BCUT2D eigenvalue weighted by atomic mass is 32.1. The molecule has 3 aromatic heterocycles. The Labute approximate surface area is 155 Å². The highest BCUT2D eigenvalue weighted by molar-refractivity contribution is 7.19. The number of rotatable bonds is 3. The molecule has 5 rings (SSSR count). The smallest absolute Gasteiger partial charge is 0.417 e. The van der Waals surface area contributed by atoms with Crippen LogP contribution in [0.2, 0.25) is 0 Å². The second-order valence-corrected chi connectivity index (χ2v) is 6.93. The summed E-state index contributed by atoms with van der Waals surface area (Å²) in [5.74, 6) is -1.49. The number of nitrogens with zero attached hydrogens (tertiary/aromatic N) is 2. The number of imidazole rings is 1. The number of aromatic carboxylic acids is 1. The van der Waals surface area contributed by atoms with E-state index < -0.39 is 11.7 Å². The Morgan fingerprint density at radius 1 is 1.15 bits per heavy atom. The maximum atomic E-state index is 11.7. The van der Waals surface area contributed by atoms with Crippen LogP contribution in [0.1, 0.15) is 9.67 Å². The molecule has 0 aliphatic heterocycles. The zero-order chi connectivity index (χ0) is 18.5. The van der Waals surface area contributed by atoms with Gasteiger partial charge in [0.15, 0.2) is 10.5 Å². The summed E-state index contributed by atoms with van der Waals surface area (Å²) in [6.07, 6.45) is 1.80. The summed E-state index contributed by atoms with van der Waals surface area (Å²) < 4.78 is 6.90. The van der Waals surface area contributed by atoms with Crippen molar-refractivity contribution >= 4 is 33.4 Å². The number of benzene rings is 2. The van der Waals surface area contributed by atoms with E-state index in [2.05, 4.69) is 9.97 Å². The van der Waals surface area contributed by atoms with E-state index >= 15 is 0 Å². The number of nitrogens with one attached hydrogen (secondary N) is 1. The molecule has 0 unspecified atom stereocenters. The fraction of sp³-hybridized carbons (Fsp3) is 0. The number of aromatic nitrogens is 3. The van der Waals surface area contributed by atoms with Gasteiger partial charge >= 0.3 is 11.7 Å². The van der Waals surface area contributed by atoms with Crippen LogP contribution in [-0.4, -0.2) is 25.4 Å². The lowest BCUT2D eigenvalue weighted by Crippen LogP contribution is -1.97. The maximum absolute atomic E-state index is 11.7. The molecule has 0 aliphatic carbocycles. The topological polar surface area (TPSA) is 101 Å². The van der Waals surface area contributed by atoms with Crippen LogP contribution in [0.4, 0.5) is 0 Å². The van der Waals surface area contributed by atoms with Crippen molar-refractivity contribution in [2.24, 2.45) is 0 Å². The van der Waals surface area contributed by atoms with E-state index in [0.29, 0.717) is 27.4 Å². The molecule has 0 saturated heterocycles. The predicted molar refractivity (Wildman–Crippen MR) is 101 cm³/mol. The summed E-state index contributed by atoms with van der Waals surface area (Å²) >= 11 is 1.12. The number of aromatic amines is 1. The molecule has 0 aliphatic rings. The molecule has 0 bridgehead atoms. The molecule has 0 saturated carbocycles. The third-order valence-corrected chi connectivity index (χ3v) is 5.32. The summed E-state index contributed by atoms with van der Waals surface area (Å²) in [6.45, 7) is 0. The van der Waals surface area contributed by atoms with Gasteiger partial charge in [0.1, 0.15) is 4.88 Å². The fourth-order valence-corrected chi connectivity index (χ4v) is 4.07. The van der Waals surface area contributed by atoms with Crippen LogP contribution in [0, 0.1) is 0 Å². The third-order valence-electron chi connectivity index (χ3n) is 4.28. The Morgan fingerprint density at radius 2 is 1.96 bits per heavy atom. The molecule has 0 atom stereocenters. The third kappa shape index (κ3) is 2.46. The van der Waals surface area contributed by atoms with E-state index in [1.807, 2.05) is 36.4 Å². The lowest BCUT2D eigenvalue weighted by atomic mass is 10.1. The number of carbonyl (C=O) groups is 1. The SMILES string of the molecule is O=C(O)c1sc2nc(-c3ccc4[nH]c(=O)oc4c3)cn2c1-c1ccccc1. The fourth-order valence-electron chi connectivity index (χ4n) is 3.10. The van der Waals surface area contributed by atoms with Crippen LogP contribution in [0.5, 0.6) is 0 Å². The molecule has 8 heteroatoms. The Kier molecular flexibility index (Phi) is 3.28. The second-order valence-electron chi connectivity index (χ2n) is 5.96. The minimum atomic E-state index is -0.985. The lowest BCUT2D eigenvalue weighted by Gasteiger charge is -2.02. The molecule has 0 fully saturated rings. The highest BCUT2D eigenvalue weighted by Crippen LogP contribution is 2.34. The van der Waals surface area contributed by atoms with Gasteiger partial charge in [0, 0.05) is 17.3 Å². The monoisotopic (exact) mass is 377 g/mol. The van der Waals surface area contributed by atoms with E-state index in [1.54, 1.807) is 22.7 Å². The zero-order valence-electron chi connectivity index (χ0n) is 13.7.